The van der Waals surface area contributed by atoms with Gasteiger partial charge in [0.1, 0.15) is 5.69 Å². The number of halogens is 1. The van der Waals surface area contributed by atoms with Gasteiger partial charge in [-0.2, -0.15) is 0 Å². The van der Waals surface area contributed by atoms with Crippen molar-refractivity contribution in [3.8, 4) is 0 Å². The van der Waals surface area contributed by atoms with E-state index < -0.39 is 0 Å². The molecular weight excluding hydrogens is 410 g/mol. The standard InChI is InChI=1S/C25H28ClN3O2/c1-16-4-3-5-18(12-16)15-27-24(30)17(2)19-8-10-29(11-9-19)25(31)23-14-20-13-21(26)6-7-22(20)28-23/h3-7,12-14,17,19,28H,8-11,15H2,1-2H3,(H,27,30). The molecule has 0 radical (unpaired) electrons. The van der Waals surface area contributed by atoms with Crippen molar-refractivity contribution in [2.45, 2.75) is 33.2 Å². The third-order valence-corrected chi connectivity index (χ3v) is 6.55. The second kappa shape index (κ2) is 9.15. The van der Waals surface area contributed by atoms with Crippen LogP contribution in [0.5, 0.6) is 0 Å². The Morgan fingerprint density at radius 1 is 1.16 bits per heavy atom. The van der Waals surface area contributed by atoms with Crippen LogP contribution in [0.15, 0.2) is 48.5 Å². The van der Waals surface area contributed by atoms with Crippen molar-refractivity contribution in [2.75, 3.05) is 13.1 Å². The van der Waals surface area contributed by atoms with E-state index in [1.807, 2.05) is 61.2 Å². The van der Waals surface area contributed by atoms with Gasteiger partial charge in [0.15, 0.2) is 0 Å². The lowest BCUT2D eigenvalue weighted by atomic mass is 9.84. The van der Waals surface area contributed by atoms with E-state index in [0.717, 1.165) is 29.3 Å². The highest BCUT2D eigenvalue weighted by Crippen LogP contribution is 2.27. The second-order valence-electron chi connectivity index (χ2n) is 8.54. The maximum absolute atomic E-state index is 12.9. The van der Waals surface area contributed by atoms with Gasteiger partial charge >= 0.3 is 0 Å². The first-order chi connectivity index (χ1) is 14.9. The average Bonchev–Trinajstić information content (AvgIpc) is 3.20. The fourth-order valence-corrected chi connectivity index (χ4v) is 4.56. The molecule has 3 aromatic rings. The van der Waals surface area contributed by atoms with Gasteiger partial charge in [0.05, 0.1) is 0 Å². The van der Waals surface area contributed by atoms with E-state index in [1.54, 1.807) is 0 Å². The number of nitrogens with one attached hydrogen (secondary N) is 2. The first kappa shape index (κ1) is 21.4. The van der Waals surface area contributed by atoms with Crippen molar-refractivity contribution < 1.29 is 9.59 Å². The lowest BCUT2D eigenvalue weighted by molar-refractivity contribution is -0.126. The number of likely N-dealkylation sites (tertiary alicyclic amines) is 1. The normalized spacial score (nSPS) is 15.8. The van der Waals surface area contributed by atoms with Gasteiger partial charge in [-0.1, -0.05) is 48.4 Å². The Kier molecular flexibility index (Phi) is 6.33. The summed E-state index contributed by atoms with van der Waals surface area (Å²) in [6.07, 6.45) is 1.66. The molecule has 162 valence electrons. The number of H-pyrrole nitrogens is 1. The van der Waals surface area contributed by atoms with Crippen LogP contribution in [-0.4, -0.2) is 34.8 Å². The van der Waals surface area contributed by atoms with Crippen LogP contribution in [0.4, 0.5) is 0 Å². The van der Waals surface area contributed by atoms with Crippen LogP contribution in [0, 0.1) is 18.8 Å². The molecule has 6 heteroatoms. The van der Waals surface area contributed by atoms with Crippen LogP contribution >= 0.6 is 11.6 Å². The van der Waals surface area contributed by atoms with E-state index in [0.29, 0.717) is 30.4 Å². The number of rotatable bonds is 5. The molecule has 1 saturated heterocycles. The summed E-state index contributed by atoms with van der Waals surface area (Å²) in [6.45, 7) is 5.92. The molecule has 31 heavy (non-hydrogen) atoms. The third-order valence-electron chi connectivity index (χ3n) is 6.31. The zero-order valence-electron chi connectivity index (χ0n) is 18.0. The number of aryl methyl sites for hydroxylation is 1. The summed E-state index contributed by atoms with van der Waals surface area (Å²) in [5, 5.41) is 4.66. The summed E-state index contributed by atoms with van der Waals surface area (Å²) >= 11 is 6.05. The number of amides is 2. The first-order valence-corrected chi connectivity index (χ1v) is 11.2. The van der Waals surface area contributed by atoms with Crippen LogP contribution in [0.3, 0.4) is 0 Å². The molecule has 2 heterocycles. The van der Waals surface area contributed by atoms with Crippen molar-refractivity contribution in [3.05, 3.63) is 70.4 Å². The number of hydrogen-bond donors (Lipinski definition) is 2. The van der Waals surface area contributed by atoms with Gasteiger partial charge in [0, 0.05) is 41.5 Å². The SMILES string of the molecule is Cc1cccc(CNC(=O)C(C)C2CCN(C(=O)c3cc4cc(Cl)ccc4[nH]3)CC2)c1. The maximum Gasteiger partial charge on any atom is 0.270 e. The minimum absolute atomic E-state index is 0.00215. The summed E-state index contributed by atoms with van der Waals surface area (Å²) in [7, 11) is 0. The van der Waals surface area contributed by atoms with Crippen LogP contribution < -0.4 is 5.32 Å². The predicted molar refractivity (Wildman–Crippen MR) is 124 cm³/mol. The summed E-state index contributed by atoms with van der Waals surface area (Å²) in [4.78, 5) is 30.7. The average molecular weight is 438 g/mol. The highest BCUT2D eigenvalue weighted by atomic mass is 35.5. The molecule has 1 aliphatic rings. The number of aromatic amines is 1. The minimum Gasteiger partial charge on any atom is -0.352 e. The van der Waals surface area contributed by atoms with Crippen molar-refractivity contribution in [1.29, 1.82) is 0 Å². The molecule has 2 amide bonds. The number of hydrogen-bond acceptors (Lipinski definition) is 2. The molecule has 0 saturated carbocycles. The van der Waals surface area contributed by atoms with Gasteiger partial charge in [0.25, 0.3) is 5.91 Å². The molecule has 0 spiro atoms. The monoisotopic (exact) mass is 437 g/mol. The zero-order valence-corrected chi connectivity index (χ0v) is 18.7. The largest absolute Gasteiger partial charge is 0.352 e. The molecule has 1 aliphatic heterocycles. The molecule has 1 atom stereocenters. The minimum atomic E-state index is -0.0720. The van der Waals surface area contributed by atoms with Gasteiger partial charge < -0.3 is 15.2 Å². The molecule has 1 fully saturated rings. The number of piperidine rings is 1. The highest BCUT2D eigenvalue weighted by Gasteiger charge is 2.30. The molecule has 4 rings (SSSR count). The van der Waals surface area contributed by atoms with Crippen LogP contribution in [0.1, 0.15) is 41.4 Å². The lowest BCUT2D eigenvalue weighted by Gasteiger charge is -2.34. The smallest absolute Gasteiger partial charge is 0.270 e. The molecule has 1 aromatic heterocycles. The molecule has 0 bridgehead atoms. The van der Waals surface area contributed by atoms with Gasteiger partial charge in [-0.25, -0.2) is 0 Å². The fraction of sp³-hybridized carbons (Fsp3) is 0.360. The van der Waals surface area contributed by atoms with E-state index in [1.165, 1.54) is 5.56 Å². The molecular formula is C25H28ClN3O2. The van der Waals surface area contributed by atoms with Crippen molar-refractivity contribution in [1.82, 2.24) is 15.2 Å². The Hall–Kier alpha value is -2.79. The predicted octanol–water partition coefficient (Wildman–Crippen LogP) is 4.93. The first-order valence-electron chi connectivity index (χ1n) is 10.8. The quantitative estimate of drug-likeness (QED) is 0.594. The van der Waals surface area contributed by atoms with Gasteiger partial charge in [-0.3, -0.25) is 9.59 Å². The number of fused-ring (bicyclic) bond motifs is 1. The Morgan fingerprint density at radius 3 is 2.68 bits per heavy atom. The van der Waals surface area contributed by atoms with Gasteiger partial charge in [-0.05, 0) is 55.5 Å². The van der Waals surface area contributed by atoms with Crippen LogP contribution in [-0.2, 0) is 11.3 Å². The Morgan fingerprint density at radius 2 is 1.94 bits per heavy atom. The molecule has 1 unspecified atom stereocenters. The highest BCUT2D eigenvalue weighted by molar-refractivity contribution is 6.31. The summed E-state index contributed by atoms with van der Waals surface area (Å²) in [5.41, 5.74) is 3.79. The fourth-order valence-electron chi connectivity index (χ4n) is 4.38. The second-order valence-corrected chi connectivity index (χ2v) is 8.98. The van der Waals surface area contributed by atoms with E-state index in [2.05, 4.69) is 16.4 Å². The summed E-state index contributed by atoms with van der Waals surface area (Å²) < 4.78 is 0. The van der Waals surface area contributed by atoms with E-state index >= 15 is 0 Å². The van der Waals surface area contributed by atoms with Gasteiger partial charge in [-0.15, -0.1) is 0 Å². The Bertz CT molecular complexity index is 1100. The molecule has 0 aliphatic carbocycles. The number of nitrogens with zero attached hydrogens (tertiary/aromatic N) is 1. The van der Waals surface area contributed by atoms with Crippen LogP contribution in [0.25, 0.3) is 10.9 Å². The van der Waals surface area contributed by atoms with Crippen molar-refractivity contribution in [3.63, 3.8) is 0 Å². The van der Waals surface area contributed by atoms with E-state index in [4.69, 9.17) is 11.6 Å². The molecule has 5 nitrogen and oxygen atoms in total. The third kappa shape index (κ3) is 4.93. The number of carbonyl (C=O) groups is 2. The summed E-state index contributed by atoms with van der Waals surface area (Å²) in [5.74, 6) is 0.293. The van der Waals surface area contributed by atoms with Crippen molar-refractivity contribution >= 4 is 34.3 Å². The lowest BCUT2D eigenvalue weighted by Crippen LogP contribution is -2.42. The maximum atomic E-state index is 12.9. The number of carbonyl (C=O) groups excluding carboxylic acids is 2. The Balaban J connectivity index is 1.30. The Labute approximate surface area is 187 Å². The van der Waals surface area contributed by atoms with E-state index in [-0.39, 0.29) is 23.7 Å². The zero-order chi connectivity index (χ0) is 22.0. The van der Waals surface area contributed by atoms with E-state index in [9.17, 15) is 9.59 Å². The molecule has 2 aromatic carbocycles. The number of aromatic nitrogens is 1. The topological polar surface area (TPSA) is 65.2 Å². The summed E-state index contributed by atoms with van der Waals surface area (Å²) in [6, 6.07) is 15.6. The van der Waals surface area contributed by atoms with Crippen molar-refractivity contribution in [2.24, 2.45) is 11.8 Å². The molecule has 2 N–H and O–H groups in total. The van der Waals surface area contributed by atoms with Gasteiger partial charge in [0.2, 0.25) is 5.91 Å². The number of benzene rings is 2. The van der Waals surface area contributed by atoms with Crippen LogP contribution in [0.2, 0.25) is 5.02 Å².